The average molecular weight is 785 g/mol. The summed E-state index contributed by atoms with van der Waals surface area (Å²) in [5.41, 5.74) is 15.8. The van der Waals surface area contributed by atoms with Gasteiger partial charge in [0.25, 0.3) is 0 Å². The standard InChI is InChI=1S/C24H17.C15H13.C6H5.CH3.2ClH.H2Si.Zr/c1-16-13-17-8-6-12-22(23(17)14-16)24-15-18-7-2-3-9-19(18)20-10-4-5-11-21(20)24;1-10-3-5-14-12(7-10)9-13-8-11(2)4-6-15(13)14;1-2-4-6-5-3-1;;;;;/h2-15H,1H3;3-9H,1-2H3;1-5H;1H3;2*1H;1H2;. The van der Waals surface area contributed by atoms with E-state index in [1.807, 2.05) is 0 Å². The van der Waals surface area contributed by atoms with E-state index in [-0.39, 0.29) is 24.8 Å². The van der Waals surface area contributed by atoms with Crippen LogP contribution in [0.5, 0.6) is 0 Å². The summed E-state index contributed by atoms with van der Waals surface area (Å²) in [6, 6.07) is 53.6. The van der Waals surface area contributed by atoms with Crippen LogP contribution >= 0.6 is 24.8 Å². The van der Waals surface area contributed by atoms with Crippen LogP contribution in [0.1, 0.15) is 47.6 Å². The molecule has 1 unspecified atom stereocenters. The fraction of sp³-hybridized carbons (Fsp3) is 0.130. The van der Waals surface area contributed by atoms with Gasteiger partial charge in [-0.25, -0.2) is 0 Å². The minimum Gasteiger partial charge on any atom is -0.147 e. The van der Waals surface area contributed by atoms with E-state index in [1.165, 1.54) is 71.6 Å². The number of hydrogen-bond donors (Lipinski definition) is 0. The van der Waals surface area contributed by atoms with Gasteiger partial charge in [0.05, 0.1) is 0 Å². The van der Waals surface area contributed by atoms with Crippen LogP contribution in [-0.2, 0) is 17.4 Å². The Kier molecular flexibility index (Phi) is 8.80. The van der Waals surface area contributed by atoms with Gasteiger partial charge < -0.3 is 0 Å². The van der Waals surface area contributed by atoms with Crippen LogP contribution in [-0.4, -0.2) is 6.88 Å². The summed E-state index contributed by atoms with van der Waals surface area (Å²) in [4.78, 5) is 0. The Morgan fingerprint density at radius 3 is 1.72 bits per heavy atom. The molecule has 0 fully saturated rings. The monoisotopic (exact) mass is 782 g/mol. The number of aryl methyl sites for hydroxylation is 2. The van der Waals surface area contributed by atoms with E-state index < -0.39 is 17.4 Å². The Hall–Kier alpha value is -3.52. The van der Waals surface area contributed by atoms with Gasteiger partial charge in [0.1, 0.15) is 0 Å². The SMILES string of the molecule is CC1=Cc2c(-c3cc4ccccc4c4ccccc34)cccc2[CH]1[Zr]([CH3])(=[SiH2])([c]1ccccc1)[CH]1c2cc(C)ccc2-c2ccc(C)cc21.Cl.Cl. The Bertz CT molecular complexity index is 2530. The first-order chi connectivity index (χ1) is 23.2. The van der Waals surface area contributed by atoms with E-state index in [9.17, 15) is 0 Å². The van der Waals surface area contributed by atoms with Crippen LogP contribution in [0.15, 0.2) is 145 Å². The first-order valence-corrected chi connectivity index (χ1v) is 29.7. The Morgan fingerprint density at radius 2 is 1.06 bits per heavy atom. The Morgan fingerprint density at radius 1 is 0.480 bits per heavy atom. The first kappa shape index (κ1) is 34.9. The summed E-state index contributed by atoms with van der Waals surface area (Å²) in [6.45, 7) is 9.42. The summed E-state index contributed by atoms with van der Waals surface area (Å²) in [6.07, 6.45) is 2.57. The molecule has 50 heavy (non-hydrogen) atoms. The maximum Gasteiger partial charge on any atom is -0.147 e. The smallest absolute Gasteiger partial charge is 0.147 e. The van der Waals surface area contributed by atoms with Gasteiger partial charge in [-0.1, -0.05) is 0 Å². The van der Waals surface area contributed by atoms with Crippen molar-refractivity contribution in [2.75, 3.05) is 0 Å². The number of fused-ring (bicyclic) bond motifs is 7. The Balaban J connectivity index is 0.00000196. The molecule has 0 radical (unpaired) electrons. The van der Waals surface area contributed by atoms with Crippen LogP contribution in [0.25, 0.3) is 49.9 Å². The number of hydrogen-bond acceptors (Lipinski definition) is 0. The molecule has 4 heteroatoms. The molecule has 248 valence electrons. The van der Waals surface area contributed by atoms with E-state index >= 15 is 0 Å². The number of benzene rings is 7. The zero-order chi connectivity index (χ0) is 32.8. The molecule has 0 amide bonds. The molecule has 0 spiro atoms. The summed E-state index contributed by atoms with van der Waals surface area (Å²) in [7, 11) is 0. The largest absolute Gasteiger partial charge is 0.147 e. The van der Waals surface area contributed by atoms with Crippen LogP contribution in [0.3, 0.4) is 0 Å². The van der Waals surface area contributed by atoms with Crippen LogP contribution in [0.4, 0.5) is 0 Å². The summed E-state index contributed by atoms with van der Waals surface area (Å²) in [5.74, 6) is 0. The second kappa shape index (κ2) is 12.6. The van der Waals surface area contributed by atoms with Gasteiger partial charge in [-0.05, 0) is 0 Å². The van der Waals surface area contributed by atoms with Crippen molar-refractivity contribution < 1.29 is 17.4 Å². The summed E-state index contributed by atoms with van der Waals surface area (Å²) in [5, 5.41) is 5.27. The van der Waals surface area contributed by atoms with Crippen molar-refractivity contribution in [3.63, 3.8) is 0 Å². The van der Waals surface area contributed by atoms with Gasteiger partial charge in [-0.2, -0.15) is 0 Å². The third kappa shape index (κ3) is 4.94. The molecule has 0 N–H and O–H groups in total. The van der Waals surface area contributed by atoms with E-state index in [4.69, 9.17) is 0 Å². The quantitative estimate of drug-likeness (QED) is 0.123. The predicted molar refractivity (Wildman–Crippen MR) is 221 cm³/mol. The van der Waals surface area contributed by atoms with E-state index in [0.29, 0.717) is 7.25 Å². The third-order valence-corrected chi connectivity index (χ3v) is 35.3. The van der Waals surface area contributed by atoms with Gasteiger partial charge >= 0.3 is 289 Å². The third-order valence-electron chi connectivity index (χ3n) is 11.9. The molecule has 0 nitrogen and oxygen atoms in total. The molecule has 9 rings (SSSR count). The molecule has 0 heterocycles. The second-order valence-corrected chi connectivity index (χ2v) is 41.3. The fourth-order valence-corrected chi connectivity index (χ4v) is 33.9. The molecule has 2 aliphatic rings. The molecule has 2 aliphatic carbocycles. The van der Waals surface area contributed by atoms with Crippen molar-refractivity contribution >= 4 is 62.6 Å². The van der Waals surface area contributed by atoms with Gasteiger partial charge in [-0.3, -0.25) is 0 Å². The molecule has 0 aromatic heterocycles. The number of rotatable bonds is 4. The van der Waals surface area contributed by atoms with Crippen LogP contribution in [0.2, 0.25) is 4.63 Å². The number of halogens is 2. The summed E-state index contributed by atoms with van der Waals surface area (Å²) < 4.78 is 5.13. The van der Waals surface area contributed by atoms with Crippen LogP contribution in [0, 0.1) is 13.8 Å². The first-order valence-electron chi connectivity index (χ1n) is 17.3. The second-order valence-electron chi connectivity index (χ2n) is 15.0. The normalized spacial score (nSPS) is 15.1. The van der Waals surface area contributed by atoms with Gasteiger partial charge in [0, 0.05) is 0 Å². The molecular weight excluding hydrogens is 743 g/mol. The summed E-state index contributed by atoms with van der Waals surface area (Å²) >= 11 is -4.24. The zero-order valence-electron chi connectivity index (χ0n) is 29.0. The Labute approximate surface area is 311 Å². The van der Waals surface area contributed by atoms with Gasteiger partial charge in [-0.15, -0.1) is 24.8 Å². The van der Waals surface area contributed by atoms with Crippen molar-refractivity contribution in [2.24, 2.45) is 0 Å². The van der Waals surface area contributed by atoms with Crippen molar-refractivity contribution in [2.45, 2.75) is 32.7 Å². The van der Waals surface area contributed by atoms with Crippen molar-refractivity contribution in [3.8, 4) is 22.3 Å². The molecule has 0 bridgehead atoms. The molecule has 7 aromatic carbocycles. The molecule has 0 saturated heterocycles. The van der Waals surface area contributed by atoms with Crippen molar-refractivity contribution in [1.82, 2.24) is 0 Å². The minimum atomic E-state index is -4.24. The van der Waals surface area contributed by atoms with Crippen molar-refractivity contribution in [3.05, 3.63) is 178 Å². The zero-order valence-corrected chi connectivity index (χ0v) is 34.5. The predicted octanol–water partition coefficient (Wildman–Crippen LogP) is 12.0. The van der Waals surface area contributed by atoms with Gasteiger partial charge in [0.15, 0.2) is 0 Å². The average Bonchev–Trinajstić information content (AvgIpc) is 3.62. The molecular formula is C46H42Cl2SiZr. The minimum absolute atomic E-state index is 0. The van der Waals surface area contributed by atoms with E-state index in [2.05, 4.69) is 178 Å². The maximum absolute atomic E-state index is 4.24. The van der Waals surface area contributed by atoms with Crippen molar-refractivity contribution in [1.29, 1.82) is 0 Å². The molecule has 0 aliphatic heterocycles. The maximum atomic E-state index is 2.79. The van der Waals surface area contributed by atoms with Gasteiger partial charge in [0.2, 0.25) is 0 Å². The molecule has 7 aromatic rings. The topological polar surface area (TPSA) is 0 Å². The molecule has 1 atom stereocenters. The molecule has 0 saturated carbocycles. The van der Waals surface area contributed by atoms with E-state index in [0.717, 1.165) is 0 Å². The van der Waals surface area contributed by atoms with E-state index in [1.54, 1.807) is 14.4 Å². The number of allylic oxidation sites excluding steroid dienone is 1. The van der Waals surface area contributed by atoms with Crippen LogP contribution < -0.4 is 3.27 Å². The fourth-order valence-electron chi connectivity index (χ4n) is 9.91.